The number of aromatic nitrogens is 2. The summed E-state index contributed by atoms with van der Waals surface area (Å²) in [5.74, 6) is -0.271. The highest BCUT2D eigenvalue weighted by molar-refractivity contribution is 9.10. The van der Waals surface area contributed by atoms with Gasteiger partial charge < -0.3 is 5.32 Å². The molecule has 0 spiro atoms. The molecule has 18 heavy (non-hydrogen) atoms. The van der Waals surface area contributed by atoms with Crippen molar-refractivity contribution in [2.45, 2.75) is 19.9 Å². The minimum Gasteiger partial charge on any atom is -0.312 e. The molecule has 0 bridgehead atoms. The van der Waals surface area contributed by atoms with E-state index in [1.54, 1.807) is 12.1 Å². The Morgan fingerprint density at radius 3 is 3.00 bits per heavy atom. The Kier molecular flexibility index (Phi) is 4.79. The normalized spacial score (nSPS) is 10.8. The molecule has 1 N–H and O–H groups in total. The molecule has 0 atom stereocenters. The number of benzene rings is 1. The fraction of sp³-hybridized carbons (Fsp3) is 0.333. The summed E-state index contributed by atoms with van der Waals surface area (Å²) in [4.78, 5) is 1.07. The van der Waals surface area contributed by atoms with Crippen LogP contribution in [0.2, 0.25) is 0 Å². The molecule has 0 saturated carbocycles. The molecule has 1 aromatic heterocycles. The first-order valence-electron chi connectivity index (χ1n) is 5.69. The molecule has 1 aromatic carbocycles. The largest absolute Gasteiger partial charge is 0.312 e. The highest BCUT2D eigenvalue weighted by Crippen LogP contribution is 2.27. The topological polar surface area (TPSA) is 37.8 Å². The van der Waals surface area contributed by atoms with Crippen LogP contribution in [0.25, 0.3) is 11.3 Å². The van der Waals surface area contributed by atoms with Gasteiger partial charge in [-0.1, -0.05) is 11.4 Å². The molecular weight excluding hydrogens is 317 g/mol. The van der Waals surface area contributed by atoms with Crippen LogP contribution in [-0.4, -0.2) is 16.1 Å². The molecule has 1 heterocycles. The van der Waals surface area contributed by atoms with Gasteiger partial charge in [-0.25, -0.2) is 4.39 Å². The first-order valence-corrected chi connectivity index (χ1v) is 7.26. The Morgan fingerprint density at radius 1 is 1.44 bits per heavy atom. The van der Waals surface area contributed by atoms with Crippen LogP contribution in [0.4, 0.5) is 4.39 Å². The second kappa shape index (κ2) is 6.36. The lowest BCUT2D eigenvalue weighted by atomic mass is 10.1. The van der Waals surface area contributed by atoms with Gasteiger partial charge in [-0.05, 0) is 58.6 Å². The summed E-state index contributed by atoms with van der Waals surface area (Å²) in [6, 6.07) is 4.89. The van der Waals surface area contributed by atoms with Crippen LogP contribution in [0.5, 0.6) is 0 Å². The van der Waals surface area contributed by atoms with E-state index in [0.29, 0.717) is 4.47 Å². The summed E-state index contributed by atoms with van der Waals surface area (Å²) in [6.45, 7) is 3.83. The zero-order valence-electron chi connectivity index (χ0n) is 9.91. The molecule has 0 aliphatic carbocycles. The lowest BCUT2D eigenvalue weighted by Gasteiger charge is -2.04. The molecule has 0 unspecified atom stereocenters. The van der Waals surface area contributed by atoms with E-state index in [1.165, 1.54) is 17.6 Å². The Hall–Kier alpha value is -0.850. The summed E-state index contributed by atoms with van der Waals surface area (Å²) in [5, 5.41) is 7.44. The van der Waals surface area contributed by atoms with E-state index in [1.807, 2.05) is 0 Å². The molecule has 0 fully saturated rings. The standard InChI is InChI=1S/C12H13BrFN3S/c1-2-5-15-7-11-12(16-17-18-11)8-3-4-10(14)9(13)6-8/h3-4,6,15H,2,5,7H2,1H3. The fourth-order valence-electron chi connectivity index (χ4n) is 1.57. The van der Waals surface area contributed by atoms with Crippen LogP contribution in [0.3, 0.4) is 0 Å². The van der Waals surface area contributed by atoms with Crippen LogP contribution in [0.1, 0.15) is 18.2 Å². The number of rotatable bonds is 5. The predicted octanol–water partition coefficient (Wildman–Crippen LogP) is 3.61. The van der Waals surface area contributed by atoms with Gasteiger partial charge in [0.2, 0.25) is 0 Å². The monoisotopic (exact) mass is 329 g/mol. The van der Waals surface area contributed by atoms with Gasteiger partial charge in [0, 0.05) is 12.1 Å². The molecule has 2 aromatic rings. The first kappa shape index (κ1) is 13.6. The van der Waals surface area contributed by atoms with E-state index in [9.17, 15) is 4.39 Å². The number of nitrogens with one attached hydrogen (secondary N) is 1. The van der Waals surface area contributed by atoms with E-state index < -0.39 is 0 Å². The highest BCUT2D eigenvalue weighted by atomic mass is 79.9. The number of nitrogens with zero attached hydrogens (tertiary/aromatic N) is 2. The van der Waals surface area contributed by atoms with Gasteiger partial charge in [0.05, 0.1) is 9.35 Å². The van der Waals surface area contributed by atoms with E-state index >= 15 is 0 Å². The van der Waals surface area contributed by atoms with Crippen LogP contribution in [0.15, 0.2) is 22.7 Å². The maximum absolute atomic E-state index is 13.2. The van der Waals surface area contributed by atoms with Gasteiger partial charge >= 0.3 is 0 Å². The van der Waals surface area contributed by atoms with Crippen LogP contribution >= 0.6 is 27.5 Å². The maximum atomic E-state index is 13.2. The molecule has 0 radical (unpaired) electrons. The molecule has 0 aliphatic heterocycles. The number of hydrogen-bond acceptors (Lipinski definition) is 4. The molecule has 0 amide bonds. The quantitative estimate of drug-likeness (QED) is 0.851. The Labute approximate surface area is 118 Å². The van der Waals surface area contributed by atoms with Gasteiger partial charge in [-0.15, -0.1) is 5.10 Å². The van der Waals surface area contributed by atoms with Gasteiger partial charge in [-0.2, -0.15) is 0 Å². The fourth-order valence-corrected chi connectivity index (χ4v) is 2.58. The van der Waals surface area contributed by atoms with E-state index in [-0.39, 0.29) is 5.82 Å². The summed E-state index contributed by atoms with van der Waals surface area (Å²) >= 11 is 4.56. The highest BCUT2D eigenvalue weighted by Gasteiger charge is 2.11. The summed E-state index contributed by atoms with van der Waals surface area (Å²) in [7, 11) is 0. The molecule has 2 rings (SSSR count). The van der Waals surface area contributed by atoms with Crippen LogP contribution < -0.4 is 5.32 Å². The number of halogens is 2. The van der Waals surface area contributed by atoms with Crippen molar-refractivity contribution in [1.82, 2.24) is 14.9 Å². The second-order valence-corrected chi connectivity index (χ2v) is 5.54. The maximum Gasteiger partial charge on any atom is 0.137 e. The van der Waals surface area contributed by atoms with Gasteiger partial charge in [0.15, 0.2) is 0 Å². The Morgan fingerprint density at radius 2 is 2.28 bits per heavy atom. The summed E-state index contributed by atoms with van der Waals surface area (Å²) in [6.07, 6.45) is 1.09. The van der Waals surface area contributed by atoms with E-state index in [0.717, 1.165) is 35.6 Å². The minimum atomic E-state index is -0.271. The zero-order valence-corrected chi connectivity index (χ0v) is 12.3. The van der Waals surface area contributed by atoms with E-state index in [2.05, 4.69) is 37.8 Å². The van der Waals surface area contributed by atoms with Crippen molar-refractivity contribution >= 4 is 27.5 Å². The molecule has 6 heteroatoms. The van der Waals surface area contributed by atoms with Crippen molar-refractivity contribution in [3.05, 3.63) is 33.4 Å². The molecular formula is C12H13BrFN3S. The average Bonchev–Trinajstić information content (AvgIpc) is 2.81. The summed E-state index contributed by atoms with van der Waals surface area (Å²) in [5.41, 5.74) is 1.70. The van der Waals surface area contributed by atoms with Gasteiger partial charge in [0.25, 0.3) is 0 Å². The smallest absolute Gasteiger partial charge is 0.137 e. The van der Waals surface area contributed by atoms with Crippen molar-refractivity contribution < 1.29 is 4.39 Å². The molecule has 3 nitrogen and oxygen atoms in total. The first-order chi connectivity index (χ1) is 8.72. The minimum absolute atomic E-state index is 0.271. The van der Waals surface area contributed by atoms with Gasteiger partial charge in [0.1, 0.15) is 11.5 Å². The molecule has 96 valence electrons. The van der Waals surface area contributed by atoms with Crippen molar-refractivity contribution in [2.75, 3.05) is 6.54 Å². The lowest BCUT2D eigenvalue weighted by molar-refractivity contribution is 0.621. The van der Waals surface area contributed by atoms with E-state index in [4.69, 9.17) is 0 Å². The third-order valence-corrected chi connectivity index (χ3v) is 3.79. The Balaban J connectivity index is 2.22. The van der Waals surface area contributed by atoms with Crippen molar-refractivity contribution in [3.8, 4) is 11.3 Å². The predicted molar refractivity (Wildman–Crippen MR) is 75.0 cm³/mol. The molecule has 0 saturated heterocycles. The van der Waals surface area contributed by atoms with Crippen LogP contribution in [-0.2, 0) is 6.54 Å². The van der Waals surface area contributed by atoms with Crippen molar-refractivity contribution in [3.63, 3.8) is 0 Å². The lowest BCUT2D eigenvalue weighted by Crippen LogP contribution is -2.13. The summed E-state index contributed by atoms with van der Waals surface area (Å²) < 4.78 is 17.6. The number of hydrogen-bond donors (Lipinski definition) is 1. The zero-order chi connectivity index (χ0) is 13.0. The second-order valence-electron chi connectivity index (χ2n) is 3.85. The van der Waals surface area contributed by atoms with Crippen molar-refractivity contribution in [2.24, 2.45) is 0 Å². The van der Waals surface area contributed by atoms with Crippen LogP contribution in [0, 0.1) is 5.82 Å². The third-order valence-electron chi connectivity index (χ3n) is 2.46. The van der Waals surface area contributed by atoms with Crippen molar-refractivity contribution in [1.29, 1.82) is 0 Å². The third kappa shape index (κ3) is 3.13. The SMILES string of the molecule is CCCNCc1snnc1-c1ccc(F)c(Br)c1. The Bertz CT molecular complexity index is 530. The average molecular weight is 330 g/mol. The van der Waals surface area contributed by atoms with Gasteiger partial charge in [-0.3, -0.25) is 0 Å². The molecule has 0 aliphatic rings.